The van der Waals surface area contributed by atoms with E-state index in [2.05, 4.69) is 43.6 Å². The van der Waals surface area contributed by atoms with Crippen molar-refractivity contribution in [2.24, 2.45) is 5.10 Å². The van der Waals surface area contributed by atoms with Crippen molar-refractivity contribution in [2.75, 3.05) is 12.1 Å². The van der Waals surface area contributed by atoms with E-state index >= 15 is 0 Å². The summed E-state index contributed by atoms with van der Waals surface area (Å²) in [6.07, 6.45) is 1.82. The molecule has 1 aliphatic heterocycles. The van der Waals surface area contributed by atoms with Crippen LogP contribution in [0.3, 0.4) is 0 Å². The first kappa shape index (κ1) is 22.5. The highest BCUT2D eigenvalue weighted by Gasteiger charge is 2.28. The van der Waals surface area contributed by atoms with E-state index in [0.29, 0.717) is 29.4 Å². The molecular weight excluding hydrogens is 583 g/mol. The number of ether oxygens (including phenoxy) is 2. The number of anilines is 1. The van der Waals surface area contributed by atoms with Gasteiger partial charge in [0.1, 0.15) is 6.61 Å². The van der Waals surface area contributed by atoms with Crippen molar-refractivity contribution in [1.82, 2.24) is 0 Å². The van der Waals surface area contributed by atoms with Crippen LogP contribution in [0.5, 0.6) is 11.5 Å². The molecule has 0 aliphatic carbocycles. The van der Waals surface area contributed by atoms with Crippen LogP contribution in [0.4, 0.5) is 5.69 Å². The molecule has 0 N–H and O–H groups in total. The topological polar surface area (TPSA) is 51.1 Å². The summed E-state index contributed by atoms with van der Waals surface area (Å²) in [6, 6.07) is 21.3. The molecule has 7 heteroatoms. The van der Waals surface area contributed by atoms with Crippen molar-refractivity contribution >= 4 is 61.9 Å². The standard InChI is InChI=1S/C25H20BrIN2O3/c1-16-21(25(30)29(28-16)20-6-4-3-5-7-20)12-18-13-22(26)24(23(14-18)31-2)32-15-17-8-10-19(27)11-9-17/h3-14H,15H2,1-2H3/b21-12+. The van der Waals surface area contributed by atoms with Gasteiger partial charge in [-0.15, -0.1) is 0 Å². The van der Waals surface area contributed by atoms with E-state index in [1.165, 1.54) is 8.58 Å². The number of carbonyl (C=O) groups excluding carboxylic acids is 1. The maximum atomic E-state index is 13.0. The number of nitrogens with zero attached hydrogens (tertiary/aromatic N) is 2. The Hall–Kier alpha value is -2.65. The predicted octanol–water partition coefficient (Wildman–Crippen LogP) is 6.45. The second-order valence-corrected chi connectivity index (χ2v) is 9.25. The van der Waals surface area contributed by atoms with Crippen LogP contribution < -0.4 is 14.5 Å². The first-order valence-corrected chi connectivity index (χ1v) is 11.7. The van der Waals surface area contributed by atoms with Crippen LogP contribution in [0.15, 0.2) is 81.9 Å². The molecule has 3 aromatic rings. The Labute approximate surface area is 209 Å². The van der Waals surface area contributed by atoms with Gasteiger partial charge in [-0.1, -0.05) is 30.3 Å². The molecule has 0 fully saturated rings. The smallest absolute Gasteiger partial charge is 0.280 e. The normalized spacial score (nSPS) is 14.6. The Balaban J connectivity index is 1.59. The zero-order valence-corrected chi connectivity index (χ0v) is 21.3. The lowest BCUT2D eigenvalue weighted by atomic mass is 10.1. The number of hydrogen-bond donors (Lipinski definition) is 0. The number of methoxy groups -OCH3 is 1. The predicted molar refractivity (Wildman–Crippen MR) is 139 cm³/mol. The molecule has 0 saturated heterocycles. The van der Waals surface area contributed by atoms with E-state index in [9.17, 15) is 4.79 Å². The lowest BCUT2D eigenvalue weighted by molar-refractivity contribution is -0.114. The Morgan fingerprint density at radius 3 is 2.50 bits per heavy atom. The summed E-state index contributed by atoms with van der Waals surface area (Å²) in [5.74, 6) is 1.03. The summed E-state index contributed by atoms with van der Waals surface area (Å²) in [6.45, 7) is 2.25. The molecule has 3 aromatic carbocycles. The third-order valence-corrected chi connectivity index (χ3v) is 6.23. The maximum Gasteiger partial charge on any atom is 0.280 e. The minimum absolute atomic E-state index is 0.164. The second-order valence-electron chi connectivity index (χ2n) is 7.15. The van der Waals surface area contributed by atoms with Crippen LogP contribution in [0.25, 0.3) is 6.08 Å². The summed E-state index contributed by atoms with van der Waals surface area (Å²) in [5, 5.41) is 5.86. The molecule has 0 atom stereocenters. The van der Waals surface area contributed by atoms with Gasteiger partial charge < -0.3 is 9.47 Å². The third-order valence-electron chi connectivity index (χ3n) is 4.92. The maximum absolute atomic E-state index is 13.0. The first-order valence-electron chi connectivity index (χ1n) is 9.88. The zero-order valence-electron chi connectivity index (χ0n) is 17.5. The van der Waals surface area contributed by atoms with Crippen molar-refractivity contribution in [1.29, 1.82) is 0 Å². The van der Waals surface area contributed by atoms with Crippen molar-refractivity contribution in [3.63, 3.8) is 0 Å². The van der Waals surface area contributed by atoms with Crippen LogP contribution in [-0.4, -0.2) is 18.7 Å². The van der Waals surface area contributed by atoms with E-state index in [1.54, 1.807) is 7.11 Å². The molecule has 0 spiro atoms. The number of halogens is 2. The molecular formula is C25H20BrIN2O3. The molecule has 32 heavy (non-hydrogen) atoms. The highest BCUT2D eigenvalue weighted by Crippen LogP contribution is 2.38. The molecule has 0 saturated carbocycles. The van der Waals surface area contributed by atoms with Gasteiger partial charge in [0.2, 0.25) is 0 Å². The largest absolute Gasteiger partial charge is 0.493 e. The average Bonchev–Trinajstić information content (AvgIpc) is 3.08. The fourth-order valence-corrected chi connectivity index (χ4v) is 4.23. The highest BCUT2D eigenvalue weighted by atomic mass is 127. The van der Waals surface area contributed by atoms with Crippen LogP contribution in [-0.2, 0) is 11.4 Å². The molecule has 0 aromatic heterocycles. The summed E-state index contributed by atoms with van der Waals surface area (Å²) in [5.41, 5.74) is 3.81. The summed E-state index contributed by atoms with van der Waals surface area (Å²) in [7, 11) is 1.60. The molecule has 1 amide bonds. The van der Waals surface area contributed by atoms with Gasteiger partial charge in [-0.25, -0.2) is 0 Å². The number of para-hydroxylation sites is 1. The van der Waals surface area contributed by atoms with Crippen LogP contribution in [0, 0.1) is 3.57 Å². The van der Waals surface area contributed by atoms with Gasteiger partial charge in [0.25, 0.3) is 5.91 Å². The quantitative estimate of drug-likeness (QED) is 0.241. The van der Waals surface area contributed by atoms with Gasteiger partial charge in [-0.05, 0) is 99.0 Å². The summed E-state index contributed by atoms with van der Waals surface area (Å²) in [4.78, 5) is 13.0. The number of hydrogen-bond acceptors (Lipinski definition) is 4. The molecule has 4 rings (SSSR count). The molecule has 0 bridgehead atoms. The Kier molecular flexibility index (Phi) is 6.95. The van der Waals surface area contributed by atoms with E-state index in [1.807, 2.05) is 79.7 Å². The fourth-order valence-electron chi connectivity index (χ4n) is 3.29. The van der Waals surface area contributed by atoms with Crippen molar-refractivity contribution in [3.8, 4) is 11.5 Å². The average molecular weight is 603 g/mol. The minimum atomic E-state index is -0.164. The number of benzene rings is 3. The highest BCUT2D eigenvalue weighted by molar-refractivity contribution is 14.1. The summed E-state index contributed by atoms with van der Waals surface area (Å²) >= 11 is 5.87. The Morgan fingerprint density at radius 1 is 1.09 bits per heavy atom. The van der Waals surface area contributed by atoms with E-state index in [0.717, 1.165) is 21.3 Å². The summed E-state index contributed by atoms with van der Waals surface area (Å²) < 4.78 is 13.5. The van der Waals surface area contributed by atoms with Crippen molar-refractivity contribution in [3.05, 3.63) is 91.5 Å². The lowest BCUT2D eigenvalue weighted by Gasteiger charge is -2.14. The van der Waals surface area contributed by atoms with Crippen LogP contribution in [0.2, 0.25) is 0 Å². The second kappa shape index (κ2) is 9.87. The molecule has 0 unspecified atom stereocenters. The molecule has 1 heterocycles. The van der Waals surface area contributed by atoms with E-state index < -0.39 is 0 Å². The van der Waals surface area contributed by atoms with Crippen LogP contribution >= 0.6 is 38.5 Å². The van der Waals surface area contributed by atoms with Gasteiger partial charge in [0.05, 0.1) is 28.6 Å². The Bertz CT molecular complexity index is 1210. The lowest BCUT2D eigenvalue weighted by Crippen LogP contribution is -2.21. The van der Waals surface area contributed by atoms with Crippen molar-refractivity contribution in [2.45, 2.75) is 13.5 Å². The van der Waals surface area contributed by atoms with Gasteiger partial charge >= 0.3 is 0 Å². The minimum Gasteiger partial charge on any atom is -0.493 e. The number of amides is 1. The zero-order chi connectivity index (χ0) is 22.7. The monoisotopic (exact) mass is 602 g/mol. The number of rotatable bonds is 6. The van der Waals surface area contributed by atoms with Crippen molar-refractivity contribution < 1.29 is 14.3 Å². The molecule has 162 valence electrons. The van der Waals surface area contributed by atoms with Gasteiger partial charge in [0.15, 0.2) is 11.5 Å². The van der Waals surface area contributed by atoms with Gasteiger partial charge in [-0.2, -0.15) is 10.1 Å². The van der Waals surface area contributed by atoms with Crippen LogP contribution in [0.1, 0.15) is 18.1 Å². The SMILES string of the molecule is COc1cc(/C=C2/C(=O)N(c3ccccc3)N=C2C)cc(Br)c1OCc1ccc(I)cc1. The van der Waals surface area contributed by atoms with Gasteiger partial charge in [-0.3, -0.25) is 4.79 Å². The third kappa shape index (κ3) is 4.88. The van der Waals surface area contributed by atoms with E-state index in [-0.39, 0.29) is 5.91 Å². The molecule has 0 radical (unpaired) electrons. The van der Waals surface area contributed by atoms with Gasteiger partial charge in [0, 0.05) is 3.57 Å². The number of hydrazone groups is 1. The molecule has 1 aliphatic rings. The molecule has 5 nitrogen and oxygen atoms in total. The van der Waals surface area contributed by atoms with E-state index in [4.69, 9.17) is 9.47 Å². The first-order chi connectivity index (χ1) is 15.5. The number of carbonyl (C=O) groups is 1. The Morgan fingerprint density at radius 2 is 1.81 bits per heavy atom. The fraction of sp³-hybridized carbons (Fsp3) is 0.120.